The van der Waals surface area contributed by atoms with Crippen molar-refractivity contribution < 1.29 is 17.9 Å². The van der Waals surface area contributed by atoms with E-state index in [1.807, 2.05) is 40.7 Å². The van der Waals surface area contributed by atoms with Crippen LogP contribution in [0.2, 0.25) is 0 Å². The molecule has 0 aromatic heterocycles. The van der Waals surface area contributed by atoms with E-state index in [2.05, 4.69) is 24.4 Å². The van der Waals surface area contributed by atoms with Crippen molar-refractivity contribution in [1.29, 1.82) is 0 Å². The maximum absolute atomic E-state index is 13.6. The van der Waals surface area contributed by atoms with E-state index in [1.165, 1.54) is 9.87 Å². The molecule has 35 heavy (non-hydrogen) atoms. The SMILES string of the molecule is Cc1ccc(S(=O)(=O)N2C[C@H](C(=O)N[C@@H](C)c3cc(C)c(C)cc3C)Oc3ccc(C)cc32)cc1. The predicted octanol–water partition coefficient (Wildman–Crippen LogP) is 5.06. The molecule has 3 aromatic carbocycles. The van der Waals surface area contributed by atoms with Crippen LogP contribution in [0, 0.1) is 34.6 Å². The zero-order valence-corrected chi connectivity index (χ0v) is 21.9. The maximum Gasteiger partial charge on any atom is 0.264 e. The number of nitrogens with one attached hydrogen (secondary N) is 1. The van der Waals surface area contributed by atoms with E-state index in [0.717, 1.165) is 27.8 Å². The van der Waals surface area contributed by atoms with Gasteiger partial charge in [-0.25, -0.2) is 8.42 Å². The third kappa shape index (κ3) is 4.91. The largest absolute Gasteiger partial charge is 0.476 e. The number of benzene rings is 3. The number of fused-ring (bicyclic) bond motifs is 1. The van der Waals surface area contributed by atoms with Gasteiger partial charge in [-0.3, -0.25) is 9.10 Å². The number of ether oxygens (including phenoxy) is 1. The number of amides is 1. The molecular formula is C28H32N2O4S. The Morgan fingerprint density at radius 3 is 2.23 bits per heavy atom. The molecule has 3 aromatic rings. The van der Waals surface area contributed by atoms with Crippen molar-refractivity contribution in [3.63, 3.8) is 0 Å². The molecule has 184 valence electrons. The van der Waals surface area contributed by atoms with Gasteiger partial charge in [-0.05, 0) is 93.6 Å². The lowest BCUT2D eigenvalue weighted by Gasteiger charge is -2.35. The second-order valence-electron chi connectivity index (χ2n) is 9.45. The van der Waals surface area contributed by atoms with Gasteiger partial charge in [-0.1, -0.05) is 35.9 Å². The van der Waals surface area contributed by atoms with Crippen LogP contribution in [0.5, 0.6) is 5.75 Å². The molecule has 0 saturated heterocycles. The second-order valence-corrected chi connectivity index (χ2v) is 11.3. The summed E-state index contributed by atoms with van der Waals surface area (Å²) in [6.45, 7) is 11.7. The highest BCUT2D eigenvalue weighted by molar-refractivity contribution is 7.92. The molecule has 0 spiro atoms. The fraction of sp³-hybridized carbons (Fsp3) is 0.321. The highest BCUT2D eigenvalue weighted by atomic mass is 32.2. The zero-order chi connectivity index (χ0) is 25.5. The fourth-order valence-electron chi connectivity index (χ4n) is 4.40. The lowest BCUT2D eigenvalue weighted by atomic mass is 9.96. The van der Waals surface area contributed by atoms with Gasteiger partial charge >= 0.3 is 0 Å². The number of sulfonamides is 1. The topological polar surface area (TPSA) is 75.7 Å². The smallest absolute Gasteiger partial charge is 0.264 e. The Kier molecular flexibility index (Phi) is 6.64. The number of hydrogen-bond donors (Lipinski definition) is 1. The van der Waals surface area contributed by atoms with Crippen molar-refractivity contribution in [2.75, 3.05) is 10.8 Å². The lowest BCUT2D eigenvalue weighted by Crippen LogP contribution is -2.51. The zero-order valence-electron chi connectivity index (χ0n) is 21.0. The summed E-state index contributed by atoms with van der Waals surface area (Å²) in [5, 5.41) is 3.03. The van der Waals surface area contributed by atoms with Crippen LogP contribution < -0.4 is 14.4 Å². The molecular weight excluding hydrogens is 460 g/mol. The summed E-state index contributed by atoms with van der Waals surface area (Å²) in [6.07, 6.45) is -0.986. The van der Waals surface area contributed by atoms with Crippen molar-refractivity contribution in [1.82, 2.24) is 5.32 Å². The number of anilines is 1. The van der Waals surface area contributed by atoms with Crippen LogP contribution in [0.15, 0.2) is 59.5 Å². The number of carbonyl (C=O) groups excluding carboxylic acids is 1. The van der Waals surface area contributed by atoms with E-state index in [9.17, 15) is 13.2 Å². The molecule has 0 unspecified atom stereocenters. The van der Waals surface area contributed by atoms with Gasteiger partial charge in [0.25, 0.3) is 15.9 Å². The fourth-order valence-corrected chi connectivity index (χ4v) is 5.86. The first-order valence-corrected chi connectivity index (χ1v) is 13.2. The predicted molar refractivity (Wildman–Crippen MR) is 139 cm³/mol. The normalized spacial score (nSPS) is 16.3. The van der Waals surface area contributed by atoms with Gasteiger partial charge in [0.15, 0.2) is 6.10 Å². The molecule has 0 saturated carbocycles. The summed E-state index contributed by atoms with van der Waals surface area (Å²) in [4.78, 5) is 13.5. The van der Waals surface area contributed by atoms with Crippen molar-refractivity contribution in [3.05, 3.63) is 88.0 Å². The third-order valence-electron chi connectivity index (χ3n) is 6.59. The van der Waals surface area contributed by atoms with E-state index < -0.39 is 16.1 Å². The maximum atomic E-state index is 13.6. The van der Waals surface area contributed by atoms with E-state index in [-0.39, 0.29) is 23.4 Å². The molecule has 4 rings (SSSR count). The Morgan fingerprint density at radius 1 is 0.914 bits per heavy atom. The Balaban J connectivity index is 1.65. The van der Waals surface area contributed by atoms with Crippen molar-refractivity contribution in [3.8, 4) is 5.75 Å². The second kappa shape index (κ2) is 9.38. The van der Waals surface area contributed by atoms with Crippen LogP contribution in [0.4, 0.5) is 5.69 Å². The minimum Gasteiger partial charge on any atom is -0.476 e. The van der Waals surface area contributed by atoms with Gasteiger partial charge in [0, 0.05) is 0 Å². The van der Waals surface area contributed by atoms with Crippen LogP contribution in [-0.2, 0) is 14.8 Å². The van der Waals surface area contributed by atoms with Gasteiger partial charge < -0.3 is 10.1 Å². The third-order valence-corrected chi connectivity index (χ3v) is 8.39. The average molecular weight is 493 g/mol. The molecule has 0 aliphatic carbocycles. The first-order chi connectivity index (χ1) is 16.5. The van der Waals surface area contributed by atoms with Crippen LogP contribution >= 0.6 is 0 Å². The average Bonchev–Trinajstić information content (AvgIpc) is 2.80. The van der Waals surface area contributed by atoms with Crippen LogP contribution in [-0.4, -0.2) is 27.0 Å². The Morgan fingerprint density at radius 2 is 1.54 bits per heavy atom. The standard InChI is InChI=1S/C28H32N2O4S/c1-17-7-10-23(11-8-17)35(32,33)30-16-27(34-26-12-9-18(2)13-25(26)30)28(31)29-22(6)24-15-20(4)19(3)14-21(24)5/h7-15,22,27H,16H2,1-6H3,(H,29,31)/t22-,27+/m0/s1. The number of aryl methyl sites for hydroxylation is 5. The molecule has 1 aliphatic heterocycles. The number of carbonyl (C=O) groups is 1. The van der Waals surface area contributed by atoms with Crippen molar-refractivity contribution >= 4 is 21.6 Å². The summed E-state index contributed by atoms with van der Waals surface area (Å²) in [5.41, 5.74) is 6.78. The van der Waals surface area contributed by atoms with E-state index in [1.54, 1.807) is 36.4 Å². The van der Waals surface area contributed by atoms with E-state index >= 15 is 0 Å². The minimum absolute atomic E-state index is 0.114. The van der Waals surface area contributed by atoms with Gasteiger partial charge in [-0.2, -0.15) is 0 Å². The number of hydrogen-bond acceptors (Lipinski definition) is 4. The quantitative estimate of drug-likeness (QED) is 0.540. The van der Waals surface area contributed by atoms with E-state index in [0.29, 0.717) is 11.4 Å². The molecule has 0 radical (unpaired) electrons. The molecule has 2 atom stereocenters. The van der Waals surface area contributed by atoms with Gasteiger partial charge in [-0.15, -0.1) is 0 Å². The van der Waals surface area contributed by atoms with Crippen LogP contribution in [0.25, 0.3) is 0 Å². The summed E-state index contributed by atoms with van der Waals surface area (Å²) < 4.78 is 34.6. The first-order valence-electron chi connectivity index (χ1n) is 11.7. The molecule has 6 nitrogen and oxygen atoms in total. The molecule has 1 amide bonds. The van der Waals surface area contributed by atoms with Gasteiger partial charge in [0.2, 0.25) is 0 Å². The summed E-state index contributed by atoms with van der Waals surface area (Å²) in [6, 6.07) is 16.0. The highest BCUT2D eigenvalue weighted by Crippen LogP contribution is 2.38. The summed E-state index contributed by atoms with van der Waals surface area (Å²) in [5.74, 6) is 0.0122. The Hall–Kier alpha value is -3.32. The number of rotatable bonds is 5. The molecule has 1 N–H and O–H groups in total. The van der Waals surface area contributed by atoms with Gasteiger partial charge in [0.1, 0.15) is 5.75 Å². The minimum atomic E-state index is -3.90. The van der Waals surface area contributed by atoms with Gasteiger partial charge in [0.05, 0.1) is 23.2 Å². The van der Waals surface area contributed by atoms with Crippen molar-refractivity contribution in [2.45, 2.75) is 58.6 Å². The Bertz CT molecular complexity index is 1380. The van der Waals surface area contributed by atoms with E-state index in [4.69, 9.17) is 4.74 Å². The lowest BCUT2D eigenvalue weighted by molar-refractivity contribution is -0.128. The monoisotopic (exact) mass is 492 g/mol. The molecule has 0 bridgehead atoms. The summed E-state index contributed by atoms with van der Waals surface area (Å²) in [7, 11) is -3.90. The molecule has 1 heterocycles. The summed E-state index contributed by atoms with van der Waals surface area (Å²) >= 11 is 0. The number of nitrogens with zero attached hydrogens (tertiary/aromatic N) is 1. The van der Waals surface area contributed by atoms with Crippen LogP contribution in [0.1, 0.15) is 46.3 Å². The first kappa shape index (κ1) is 24.8. The molecule has 0 fully saturated rings. The molecule has 1 aliphatic rings. The van der Waals surface area contributed by atoms with Crippen molar-refractivity contribution in [2.24, 2.45) is 0 Å². The Labute approximate surface area is 208 Å². The van der Waals surface area contributed by atoms with Crippen LogP contribution in [0.3, 0.4) is 0 Å². The molecule has 7 heteroatoms. The highest BCUT2D eigenvalue weighted by Gasteiger charge is 2.38.